The molecule has 2 aromatic heterocycles. The van der Waals surface area contributed by atoms with Gasteiger partial charge in [-0.05, 0) is 56.9 Å². The fraction of sp³-hybridized carbons (Fsp3) is 0.346. The Labute approximate surface area is 202 Å². The Kier molecular flexibility index (Phi) is 6.04. The number of nitrogens with zero attached hydrogens (tertiary/aromatic N) is 3. The van der Waals surface area contributed by atoms with E-state index >= 15 is 0 Å². The lowest BCUT2D eigenvalue weighted by Crippen LogP contribution is -2.44. The van der Waals surface area contributed by atoms with Gasteiger partial charge in [-0.15, -0.1) is 0 Å². The maximum atomic E-state index is 13.6. The van der Waals surface area contributed by atoms with Crippen LogP contribution in [0.4, 0.5) is 5.69 Å². The van der Waals surface area contributed by atoms with Gasteiger partial charge in [0.25, 0.3) is 5.56 Å². The minimum atomic E-state index is -0.121. The third-order valence-corrected chi connectivity index (χ3v) is 7.05. The first-order valence-electron chi connectivity index (χ1n) is 11.6. The van der Waals surface area contributed by atoms with Crippen LogP contribution in [0.5, 0.6) is 0 Å². The number of nitrogens with one attached hydrogen (secondary N) is 1. The Balaban J connectivity index is 1.41. The van der Waals surface area contributed by atoms with Crippen molar-refractivity contribution < 1.29 is 9.32 Å². The van der Waals surface area contributed by atoms with E-state index in [9.17, 15) is 9.59 Å². The largest absolute Gasteiger partial charge is 0.365 e. The number of likely N-dealkylation sites (N-methyl/N-ethyl adjacent to an activating group) is 1. The molecule has 0 radical (unpaired) electrons. The van der Waals surface area contributed by atoms with Gasteiger partial charge in [-0.2, -0.15) is 0 Å². The molecule has 176 valence electrons. The van der Waals surface area contributed by atoms with Gasteiger partial charge in [0, 0.05) is 30.2 Å². The van der Waals surface area contributed by atoms with Gasteiger partial charge in [-0.3, -0.25) is 9.59 Å². The number of para-hydroxylation sites is 1. The monoisotopic (exact) mass is 478 g/mol. The molecular weight excluding hydrogens is 452 g/mol. The average Bonchev–Trinajstić information content (AvgIpc) is 3.21. The molecule has 8 heteroatoms. The molecule has 1 saturated carbocycles. The molecule has 4 aromatic rings. The Morgan fingerprint density at radius 3 is 2.76 bits per heavy atom. The molecule has 2 unspecified atom stereocenters. The van der Waals surface area contributed by atoms with E-state index in [2.05, 4.69) is 10.5 Å². The van der Waals surface area contributed by atoms with Crippen LogP contribution in [0.1, 0.15) is 37.5 Å². The number of halogens is 1. The highest BCUT2D eigenvalue weighted by atomic mass is 35.5. The van der Waals surface area contributed by atoms with Gasteiger partial charge in [0.2, 0.25) is 5.91 Å². The minimum Gasteiger partial charge on any atom is -0.365 e. The number of hydrogen-bond acceptors (Lipinski definition) is 5. The fourth-order valence-corrected chi connectivity index (χ4v) is 5.39. The fourth-order valence-electron chi connectivity index (χ4n) is 5.13. The Bertz CT molecular complexity index is 1410. The second-order valence-electron chi connectivity index (χ2n) is 9.05. The SMILES string of the molecule is Cc1onc2c1c(=O)n(C1CCCC(NC(=O)CN(C)c3ccccc3)C1)c1cccc(Cl)c21. The van der Waals surface area contributed by atoms with Crippen molar-refractivity contribution in [1.82, 2.24) is 15.0 Å². The number of anilines is 1. The molecule has 2 heterocycles. The number of aryl methyl sites for hydroxylation is 1. The van der Waals surface area contributed by atoms with Crippen LogP contribution in [-0.2, 0) is 4.79 Å². The molecule has 0 aliphatic heterocycles. The van der Waals surface area contributed by atoms with E-state index in [1.54, 1.807) is 13.0 Å². The summed E-state index contributed by atoms with van der Waals surface area (Å²) in [4.78, 5) is 28.3. The normalized spacial score (nSPS) is 18.3. The highest BCUT2D eigenvalue weighted by Crippen LogP contribution is 2.35. The van der Waals surface area contributed by atoms with Crippen LogP contribution >= 0.6 is 11.6 Å². The quantitative estimate of drug-likeness (QED) is 0.444. The lowest BCUT2D eigenvalue weighted by Gasteiger charge is -2.32. The third kappa shape index (κ3) is 4.05. The van der Waals surface area contributed by atoms with Crippen LogP contribution in [0.25, 0.3) is 21.8 Å². The number of rotatable bonds is 5. The van der Waals surface area contributed by atoms with Crippen molar-refractivity contribution in [1.29, 1.82) is 0 Å². The summed E-state index contributed by atoms with van der Waals surface area (Å²) in [6.07, 6.45) is 3.34. The van der Waals surface area contributed by atoms with E-state index < -0.39 is 0 Å². The van der Waals surface area contributed by atoms with Crippen LogP contribution in [0.15, 0.2) is 57.8 Å². The third-order valence-electron chi connectivity index (χ3n) is 6.74. The molecule has 34 heavy (non-hydrogen) atoms. The van der Waals surface area contributed by atoms with Crippen LogP contribution < -0.4 is 15.8 Å². The Morgan fingerprint density at radius 2 is 1.97 bits per heavy atom. The lowest BCUT2D eigenvalue weighted by molar-refractivity contribution is -0.120. The van der Waals surface area contributed by atoms with Gasteiger partial charge in [-0.1, -0.05) is 41.0 Å². The van der Waals surface area contributed by atoms with Crippen LogP contribution in [0, 0.1) is 6.92 Å². The molecule has 7 nitrogen and oxygen atoms in total. The van der Waals surface area contributed by atoms with E-state index in [0.717, 1.165) is 35.9 Å². The van der Waals surface area contributed by atoms with E-state index in [0.29, 0.717) is 28.1 Å². The number of hydrogen-bond donors (Lipinski definition) is 1. The Morgan fingerprint density at radius 1 is 1.18 bits per heavy atom. The van der Waals surface area contributed by atoms with Crippen molar-refractivity contribution in [2.75, 3.05) is 18.5 Å². The smallest absolute Gasteiger partial charge is 0.264 e. The zero-order chi connectivity index (χ0) is 23.8. The van der Waals surface area contributed by atoms with Gasteiger partial charge in [0.15, 0.2) is 0 Å². The highest BCUT2D eigenvalue weighted by molar-refractivity contribution is 6.37. The number of carbonyl (C=O) groups is 1. The number of pyridine rings is 1. The predicted molar refractivity (Wildman–Crippen MR) is 135 cm³/mol. The molecule has 0 bridgehead atoms. The topological polar surface area (TPSA) is 80.4 Å². The first-order valence-corrected chi connectivity index (χ1v) is 12.0. The summed E-state index contributed by atoms with van der Waals surface area (Å²) < 4.78 is 7.20. The molecule has 5 rings (SSSR count). The molecule has 0 saturated heterocycles. The second kappa shape index (κ2) is 9.14. The zero-order valence-corrected chi connectivity index (χ0v) is 20.0. The molecule has 1 fully saturated rings. The van der Waals surface area contributed by atoms with Crippen LogP contribution in [-0.4, -0.2) is 35.3 Å². The summed E-state index contributed by atoms with van der Waals surface area (Å²) in [5.41, 5.74) is 2.12. The van der Waals surface area contributed by atoms with E-state index in [4.69, 9.17) is 16.1 Å². The minimum absolute atomic E-state index is 0.00386. The lowest BCUT2D eigenvalue weighted by atomic mass is 9.90. The number of amides is 1. The van der Waals surface area contributed by atoms with Gasteiger partial charge >= 0.3 is 0 Å². The highest BCUT2D eigenvalue weighted by Gasteiger charge is 2.29. The zero-order valence-electron chi connectivity index (χ0n) is 19.3. The van der Waals surface area contributed by atoms with Gasteiger partial charge in [0.05, 0.1) is 17.1 Å². The summed E-state index contributed by atoms with van der Waals surface area (Å²) in [6.45, 7) is 2.02. The number of carbonyl (C=O) groups excluding carboxylic acids is 1. The molecule has 1 aliphatic carbocycles. The maximum Gasteiger partial charge on any atom is 0.264 e. The summed E-state index contributed by atoms with van der Waals surface area (Å²) in [5, 5.41) is 9.05. The van der Waals surface area contributed by atoms with E-state index in [1.807, 2.05) is 59.0 Å². The maximum absolute atomic E-state index is 13.6. The van der Waals surface area contributed by atoms with Crippen molar-refractivity contribution in [2.24, 2.45) is 0 Å². The first-order chi connectivity index (χ1) is 16.4. The Hall–Kier alpha value is -3.32. The number of benzene rings is 2. The summed E-state index contributed by atoms with van der Waals surface area (Å²) in [7, 11) is 1.91. The predicted octanol–water partition coefficient (Wildman–Crippen LogP) is 4.84. The molecule has 0 spiro atoms. The van der Waals surface area contributed by atoms with Crippen molar-refractivity contribution in [2.45, 2.75) is 44.7 Å². The molecule has 1 amide bonds. The summed E-state index contributed by atoms with van der Waals surface area (Å²) >= 11 is 6.55. The first kappa shape index (κ1) is 22.5. The second-order valence-corrected chi connectivity index (χ2v) is 9.46. The molecule has 1 aliphatic rings. The average molecular weight is 479 g/mol. The van der Waals surface area contributed by atoms with E-state index in [-0.39, 0.29) is 30.1 Å². The van der Waals surface area contributed by atoms with Gasteiger partial charge in [-0.25, -0.2) is 0 Å². The van der Waals surface area contributed by atoms with Crippen molar-refractivity contribution in [3.8, 4) is 0 Å². The van der Waals surface area contributed by atoms with Crippen LogP contribution in [0.3, 0.4) is 0 Å². The number of fused-ring (bicyclic) bond motifs is 3. The summed E-state index contributed by atoms with van der Waals surface area (Å²) in [5.74, 6) is 0.461. The molecule has 2 aromatic carbocycles. The molecule has 1 N–H and O–H groups in total. The molecular formula is C26H27ClN4O3. The number of aromatic nitrogens is 2. The molecule has 2 atom stereocenters. The van der Waals surface area contributed by atoms with Crippen LogP contribution in [0.2, 0.25) is 5.02 Å². The van der Waals surface area contributed by atoms with E-state index in [1.165, 1.54) is 0 Å². The van der Waals surface area contributed by atoms with Crippen molar-refractivity contribution >= 4 is 45.0 Å². The van der Waals surface area contributed by atoms with Gasteiger partial charge in [0.1, 0.15) is 16.7 Å². The van der Waals surface area contributed by atoms with Crippen molar-refractivity contribution in [3.63, 3.8) is 0 Å². The standard InChI is InChI=1S/C26H27ClN4O3/c1-16-23-25(29-34-16)24-20(27)12-7-13-21(24)31(26(23)33)19-11-6-8-17(14-19)28-22(32)15-30(2)18-9-4-3-5-10-18/h3-5,7,9-10,12-13,17,19H,6,8,11,14-15H2,1-2H3,(H,28,32). The van der Waals surface area contributed by atoms with Gasteiger partial charge < -0.3 is 19.3 Å². The summed E-state index contributed by atoms with van der Waals surface area (Å²) in [6, 6.07) is 15.3. The van der Waals surface area contributed by atoms with Crippen molar-refractivity contribution in [3.05, 3.63) is 69.7 Å².